The van der Waals surface area contributed by atoms with Crippen molar-refractivity contribution in [2.24, 2.45) is 0 Å². The van der Waals surface area contributed by atoms with Gasteiger partial charge in [-0.05, 0) is 42.0 Å². The number of hydrogen-bond donors (Lipinski definition) is 1. The van der Waals surface area contributed by atoms with Crippen molar-refractivity contribution >= 4 is 32.4 Å². The predicted molar refractivity (Wildman–Crippen MR) is 73.6 cm³/mol. The molecule has 80 valence electrons. The highest BCUT2D eigenvalue weighted by molar-refractivity contribution is 9.10. The van der Waals surface area contributed by atoms with Crippen LogP contribution in [0.2, 0.25) is 0 Å². The van der Waals surface area contributed by atoms with Gasteiger partial charge in [-0.1, -0.05) is 34.0 Å². The molecule has 0 bridgehead atoms. The second-order valence-corrected chi connectivity index (χ2v) is 4.65. The Bertz CT molecular complexity index is 554. The summed E-state index contributed by atoms with van der Waals surface area (Å²) in [6, 6.07) is 12.5. The second-order valence-electron chi connectivity index (χ2n) is 3.74. The maximum absolute atomic E-state index is 5.33. The predicted octanol–water partition coefficient (Wildman–Crippen LogP) is 4.04. The Balaban J connectivity index is 2.38. The average molecular weight is 274 g/mol. The van der Waals surface area contributed by atoms with E-state index in [2.05, 4.69) is 51.4 Å². The smallest absolute Gasteiger partial charge is 0.0845 e. The molecule has 2 rings (SSSR count). The first-order valence-electron chi connectivity index (χ1n) is 5.11. The molecule has 2 heteroatoms. The van der Waals surface area contributed by atoms with Gasteiger partial charge in [-0.15, -0.1) is 6.42 Å². The summed E-state index contributed by atoms with van der Waals surface area (Å²) in [4.78, 5) is 0. The van der Waals surface area contributed by atoms with E-state index in [4.69, 9.17) is 6.42 Å². The van der Waals surface area contributed by atoms with Crippen LogP contribution >= 0.6 is 15.9 Å². The summed E-state index contributed by atoms with van der Waals surface area (Å²) in [5.41, 5.74) is 1.06. The van der Waals surface area contributed by atoms with Crippen molar-refractivity contribution in [1.29, 1.82) is 0 Å². The van der Waals surface area contributed by atoms with Gasteiger partial charge in [0.25, 0.3) is 0 Å². The quantitative estimate of drug-likeness (QED) is 0.815. The fraction of sp³-hybridized carbons (Fsp3) is 0.143. The van der Waals surface area contributed by atoms with E-state index in [0.717, 1.165) is 10.2 Å². The number of anilines is 1. The zero-order chi connectivity index (χ0) is 11.5. The van der Waals surface area contributed by atoms with Gasteiger partial charge in [0.15, 0.2) is 0 Å². The number of nitrogens with one attached hydrogen (secondary N) is 1. The Labute approximate surface area is 104 Å². The van der Waals surface area contributed by atoms with E-state index in [0.29, 0.717) is 0 Å². The summed E-state index contributed by atoms with van der Waals surface area (Å²) >= 11 is 3.46. The normalized spacial score (nSPS) is 12.1. The van der Waals surface area contributed by atoms with E-state index in [1.54, 1.807) is 0 Å². The molecule has 0 saturated carbocycles. The Hall–Kier alpha value is -1.46. The zero-order valence-electron chi connectivity index (χ0n) is 9.00. The van der Waals surface area contributed by atoms with Crippen LogP contribution in [-0.2, 0) is 0 Å². The lowest BCUT2D eigenvalue weighted by Gasteiger charge is -2.10. The van der Waals surface area contributed by atoms with Crippen LogP contribution in [0.15, 0.2) is 40.9 Å². The Kier molecular flexibility index (Phi) is 3.17. The molecule has 16 heavy (non-hydrogen) atoms. The Morgan fingerprint density at radius 2 is 1.88 bits per heavy atom. The molecule has 0 aliphatic rings. The molecule has 2 aromatic rings. The third-order valence-corrected chi connectivity index (χ3v) is 2.93. The first-order valence-corrected chi connectivity index (χ1v) is 5.90. The molecule has 0 aromatic heterocycles. The lowest BCUT2D eigenvalue weighted by molar-refractivity contribution is 1.04. The van der Waals surface area contributed by atoms with E-state index < -0.39 is 0 Å². The van der Waals surface area contributed by atoms with E-state index in [9.17, 15) is 0 Å². The topological polar surface area (TPSA) is 12.0 Å². The molecule has 1 atom stereocenters. The lowest BCUT2D eigenvalue weighted by Crippen LogP contribution is -2.11. The van der Waals surface area contributed by atoms with Crippen molar-refractivity contribution in [3.05, 3.63) is 40.9 Å². The highest BCUT2D eigenvalue weighted by Gasteiger charge is 1.99. The zero-order valence-corrected chi connectivity index (χ0v) is 10.6. The summed E-state index contributed by atoms with van der Waals surface area (Å²) in [6.07, 6.45) is 5.33. The number of terminal acetylenes is 1. The molecular weight excluding hydrogens is 262 g/mol. The van der Waals surface area contributed by atoms with Gasteiger partial charge < -0.3 is 5.32 Å². The van der Waals surface area contributed by atoms with Gasteiger partial charge in [-0.3, -0.25) is 0 Å². The van der Waals surface area contributed by atoms with Gasteiger partial charge in [0, 0.05) is 10.2 Å². The molecule has 1 unspecified atom stereocenters. The van der Waals surface area contributed by atoms with Gasteiger partial charge in [0.2, 0.25) is 0 Å². The SMILES string of the molecule is C#CC(C)Nc1ccc2cc(Br)ccc2c1. The second kappa shape index (κ2) is 4.59. The molecule has 1 N–H and O–H groups in total. The van der Waals surface area contributed by atoms with Crippen LogP contribution in [-0.4, -0.2) is 6.04 Å². The van der Waals surface area contributed by atoms with Gasteiger partial charge in [0.1, 0.15) is 0 Å². The van der Waals surface area contributed by atoms with Crippen molar-refractivity contribution < 1.29 is 0 Å². The number of halogens is 1. The van der Waals surface area contributed by atoms with Crippen LogP contribution in [0.5, 0.6) is 0 Å². The summed E-state index contributed by atoms with van der Waals surface area (Å²) in [5, 5.41) is 5.67. The highest BCUT2D eigenvalue weighted by atomic mass is 79.9. The maximum Gasteiger partial charge on any atom is 0.0845 e. The van der Waals surface area contributed by atoms with E-state index >= 15 is 0 Å². The van der Waals surface area contributed by atoms with Crippen molar-refractivity contribution in [3.8, 4) is 12.3 Å². The molecule has 2 aromatic carbocycles. The molecule has 0 spiro atoms. The third-order valence-electron chi connectivity index (χ3n) is 2.44. The monoisotopic (exact) mass is 273 g/mol. The summed E-state index contributed by atoms with van der Waals surface area (Å²) in [5.74, 6) is 2.65. The van der Waals surface area contributed by atoms with Crippen molar-refractivity contribution in [3.63, 3.8) is 0 Å². The molecule has 0 saturated heterocycles. The molecule has 0 radical (unpaired) electrons. The average Bonchev–Trinajstić information content (AvgIpc) is 2.29. The fourth-order valence-electron chi connectivity index (χ4n) is 1.60. The van der Waals surface area contributed by atoms with Crippen LogP contribution in [0.25, 0.3) is 10.8 Å². The lowest BCUT2D eigenvalue weighted by atomic mass is 10.1. The number of benzene rings is 2. The van der Waals surface area contributed by atoms with Crippen LogP contribution in [0.4, 0.5) is 5.69 Å². The van der Waals surface area contributed by atoms with Crippen LogP contribution < -0.4 is 5.32 Å². The Morgan fingerprint density at radius 1 is 1.19 bits per heavy atom. The maximum atomic E-state index is 5.33. The molecule has 0 amide bonds. The van der Waals surface area contributed by atoms with Crippen LogP contribution in [0, 0.1) is 12.3 Å². The molecule has 0 aliphatic carbocycles. The molecular formula is C14H12BrN. The van der Waals surface area contributed by atoms with E-state index in [-0.39, 0.29) is 6.04 Å². The number of rotatable bonds is 2. The van der Waals surface area contributed by atoms with Crippen LogP contribution in [0.3, 0.4) is 0 Å². The minimum absolute atomic E-state index is 0.0490. The van der Waals surface area contributed by atoms with Gasteiger partial charge >= 0.3 is 0 Å². The van der Waals surface area contributed by atoms with E-state index in [1.807, 2.05) is 19.1 Å². The minimum Gasteiger partial charge on any atom is -0.372 e. The first-order chi connectivity index (χ1) is 7.69. The highest BCUT2D eigenvalue weighted by Crippen LogP contribution is 2.23. The molecule has 1 nitrogen and oxygen atoms in total. The van der Waals surface area contributed by atoms with Crippen molar-refractivity contribution in [1.82, 2.24) is 0 Å². The first kappa shape index (κ1) is 11.0. The fourth-order valence-corrected chi connectivity index (χ4v) is 1.98. The largest absolute Gasteiger partial charge is 0.372 e. The van der Waals surface area contributed by atoms with Crippen molar-refractivity contribution in [2.75, 3.05) is 5.32 Å². The van der Waals surface area contributed by atoms with Crippen molar-refractivity contribution in [2.45, 2.75) is 13.0 Å². The van der Waals surface area contributed by atoms with Gasteiger partial charge in [-0.25, -0.2) is 0 Å². The molecule has 0 heterocycles. The summed E-state index contributed by atoms with van der Waals surface area (Å²) in [6.45, 7) is 1.96. The number of hydrogen-bond acceptors (Lipinski definition) is 1. The standard InChI is InChI=1S/C14H12BrN/c1-3-10(2)16-14-7-5-11-8-13(15)6-4-12(11)9-14/h1,4-10,16H,2H3. The minimum atomic E-state index is 0.0490. The van der Waals surface area contributed by atoms with Gasteiger partial charge in [0.05, 0.1) is 6.04 Å². The summed E-state index contributed by atoms with van der Waals surface area (Å²) < 4.78 is 1.10. The van der Waals surface area contributed by atoms with Gasteiger partial charge in [-0.2, -0.15) is 0 Å². The Morgan fingerprint density at radius 3 is 2.62 bits per heavy atom. The van der Waals surface area contributed by atoms with E-state index in [1.165, 1.54) is 10.8 Å². The third kappa shape index (κ3) is 2.37. The summed E-state index contributed by atoms with van der Waals surface area (Å²) in [7, 11) is 0. The van der Waals surface area contributed by atoms with Crippen LogP contribution in [0.1, 0.15) is 6.92 Å². The molecule has 0 aliphatic heterocycles. The number of fused-ring (bicyclic) bond motifs is 1. The molecule has 0 fully saturated rings.